The predicted molar refractivity (Wildman–Crippen MR) is 102 cm³/mol. The molecule has 1 aromatic rings. The van der Waals surface area contributed by atoms with E-state index in [1.165, 1.54) is 51.4 Å². The lowest BCUT2D eigenvalue weighted by Gasteiger charge is -2.19. The summed E-state index contributed by atoms with van der Waals surface area (Å²) in [6, 6.07) is 10.1. The molecule has 0 spiro atoms. The van der Waals surface area contributed by atoms with Crippen LogP contribution in [0.25, 0.3) is 0 Å². The summed E-state index contributed by atoms with van der Waals surface area (Å²) in [5.74, 6) is 2.14. The van der Waals surface area contributed by atoms with Gasteiger partial charge in [0.25, 0.3) is 0 Å². The number of ether oxygens (including phenoxy) is 1. The van der Waals surface area contributed by atoms with Gasteiger partial charge in [-0.1, -0.05) is 69.6 Å². The lowest BCUT2D eigenvalue weighted by molar-refractivity contribution is -0.137. The maximum Gasteiger partial charge on any atom is 0.303 e. The second kappa shape index (κ2) is 11.9. The minimum atomic E-state index is -0.660. The Bertz CT molecular complexity index is 471. The smallest absolute Gasteiger partial charge is 0.303 e. The van der Waals surface area contributed by atoms with E-state index < -0.39 is 5.97 Å². The number of hydrogen-bond donors (Lipinski definition) is 1. The van der Waals surface area contributed by atoms with Crippen LogP contribution in [-0.2, 0) is 4.79 Å². The van der Waals surface area contributed by atoms with E-state index in [4.69, 9.17) is 9.84 Å². The summed E-state index contributed by atoms with van der Waals surface area (Å²) in [5.41, 5.74) is 0. The second-order valence-electron chi connectivity index (χ2n) is 7.45. The number of hydrogen-bond acceptors (Lipinski definition) is 2. The molecule has 0 aliphatic heterocycles. The van der Waals surface area contributed by atoms with Gasteiger partial charge in [-0.05, 0) is 43.2 Å². The van der Waals surface area contributed by atoms with Gasteiger partial charge in [-0.2, -0.15) is 0 Å². The predicted octanol–water partition coefficient (Wildman–Crippen LogP) is 6.08. The molecule has 0 saturated heterocycles. The molecule has 0 heterocycles. The van der Waals surface area contributed by atoms with Crippen LogP contribution >= 0.6 is 0 Å². The van der Waals surface area contributed by atoms with Crippen LogP contribution in [0.5, 0.6) is 5.75 Å². The molecule has 1 saturated carbocycles. The van der Waals surface area contributed by atoms with Crippen molar-refractivity contribution in [3.63, 3.8) is 0 Å². The monoisotopic (exact) mass is 346 g/mol. The maximum absolute atomic E-state index is 10.5. The molecular weight excluding hydrogens is 312 g/mol. The highest BCUT2D eigenvalue weighted by Gasteiger charge is 2.25. The maximum atomic E-state index is 10.5. The van der Waals surface area contributed by atoms with Crippen molar-refractivity contribution in [2.45, 2.75) is 77.0 Å². The Morgan fingerprint density at radius 2 is 1.56 bits per heavy atom. The zero-order valence-corrected chi connectivity index (χ0v) is 15.5. The van der Waals surface area contributed by atoms with Crippen molar-refractivity contribution in [3.8, 4) is 5.75 Å². The third-order valence-electron chi connectivity index (χ3n) is 5.51. The van der Waals surface area contributed by atoms with Crippen molar-refractivity contribution in [2.24, 2.45) is 11.8 Å². The van der Waals surface area contributed by atoms with Gasteiger partial charge in [0.1, 0.15) is 5.75 Å². The zero-order chi connectivity index (χ0) is 17.7. The van der Waals surface area contributed by atoms with E-state index in [9.17, 15) is 4.79 Å². The third-order valence-corrected chi connectivity index (χ3v) is 5.51. The average Bonchev–Trinajstić information content (AvgIpc) is 3.06. The Kier molecular flexibility index (Phi) is 9.46. The fourth-order valence-electron chi connectivity index (χ4n) is 4.13. The molecule has 1 aliphatic carbocycles. The summed E-state index contributed by atoms with van der Waals surface area (Å²) in [6.07, 6.45) is 14.0. The van der Waals surface area contributed by atoms with Crippen molar-refractivity contribution >= 4 is 5.97 Å². The Morgan fingerprint density at radius 3 is 2.24 bits per heavy atom. The number of aliphatic carboxylic acids is 1. The standard InChI is InChI=1S/C22H34O3/c23-22(24)17-7-2-1-4-11-19-13-10-14-20(19)12-8-9-18-25-21-15-5-3-6-16-21/h3,5-6,15-16,19-20H,1-2,4,7-14,17-18H2,(H,23,24)/t19-,20-/m0/s1. The number of carbonyl (C=O) groups is 1. The SMILES string of the molecule is O=C(O)CCCCCC[C@H]1CCC[C@@H]1CCCCOc1ccccc1. The highest BCUT2D eigenvalue weighted by molar-refractivity contribution is 5.66. The molecule has 2 atom stereocenters. The van der Waals surface area contributed by atoms with Gasteiger partial charge in [0.2, 0.25) is 0 Å². The third kappa shape index (κ3) is 8.42. The largest absolute Gasteiger partial charge is 0.494 e. The Morgan fingerprint density at radius 1 is 0.920 bits per heavy atom. The molecule has 0 unspecified atom stereocenters. The molecule has 1 fully saturated rings. The van der Waals surface area contributed by atoms with Crippen LogP contribution in [0.15, 0.2) is 30.3 Å². The number of benzene rings is 1. The van der Waals surface area contributed by atoms with Crippen LogP contribution in [0.2, 0.25) is 0 Å². The van der Waals surface area contributed by atoms with Crippen molar-refractivity contribution in [3.05, 3.63) is 30.3 Å². The van der Waals surface area contributed by atoms with E-state index in [0.29, 0.717) is 6.42 Å². The molecule has 0 radical (unpaired) electrons. The van der Waals surface area contributed by atoms with Crippen LogP contribution in [-0.4, -0.2) is 17.7 Å². The Balaban J connectivity index is 1.50. The van der Waals surface area contributed by atoms with E-state index in [2.05, 4.69) is 0 Å². The van der Waals surface area contributed by atoms with Crippen molar-refractivity contribution < 1.29 is 14.6 Å². The highest BCUT2D eigenvalue weighted by atomic mass is 16.5. The van der Waals surface area contributed by atoms with Crippen molar-refractivity contribution in [1.29, 1.82) is 0 Å². The first-order valence-electron chi connectivity index (χ1n) is 10.2. The summed E-state index contributed by atoms with van der Waals surface area (Å²) in [4.78, 5) is 10.5. The molecular formula is C22H34O3. The van der Waals surface area contributed by atoms with Crippen LogP contribution in [0.4, 0.5) is 0 Å². The lowest BCUT2D eigenvalue weighted by atomic mass is 9.87. The van der Waals surface area contributed by atoms with Crippen molar-refractivity contribution in [2.75, 3.05) is 6.61 Å². The topological polar surface area (TPSA) is 46.5 Å². The summed E-state index contributed by atoms with van der Waals surface area (Å²) in [5, 5.41) is 8.65. The minimum Gasteiger partial charge on any atom is -0.494 e. The van der Waals surface area contributed by atoms with Gasteiger partial charge < -0.3 is 9.84 Å². The molecule has 3 nitrogen and oxygen atoms in total. The van der Waals surface area contributed by atoms with Gasteiger partial charge in [-0.25, -0.2) is 0 Å². The first-order valence-corrected chi connectivity index (χ1v) is 10.2. The lowest BCUT2D eigenvalue weighted by Crippen LogP contribution is -2.09. The van der Waals surface area contributed by atoms with Crippen LogP contribution < -0.4 is 4.74 Å². The fraction of sp³-hybridized carbons (Fsp3) is 0.682. The molecule has 140 valence electrons. The van der Waals surface area contributed by atoms with Gasteiger partial charge in [0.05, 0.1) is 6.61 Å². The van der Waals surface area contributed by atoms with Crippen LogP contribution in [0, 0.1) is 11.8 Å². The van der Waals surface area contributed by atoms with E-state index >= 15 is 0 Å². The van der Waals surface area contributed by atoms with Gasteiger partial charge in [0, 0.05) is 6.42 Å². The van der Waals surface area contributed by atoms with Gasteiger partial charge >= 0.3 is 5.97 Å². The molecule has 0 bridgehead atoms. The van der Waals surface area contributed by atoms with Crippen LogP contribution in [0.1, 0.15) is 77.0 Å². The molecule has 2 rings (SSSR count). The summed E-state index contributed by atoms with van der Waals surface area (Å²) >= 11 is 0. The van der Waals surface area contributed by atoms with E-state index in [1.807, 2.05) is 30.3 Å². The van der Waals surface area contributed by atoms with E-state index in [-0.39, 0.29) is 0 Å². The molecule has 0 aromatic heterocycles. The summed E-state index contributed by atoms with van der Waals surface area (Å²) < 4.78 is 5.77. The average molecular weight is 347 g/mol. The first kappa shape index (κ1) is 19.8. The molecule has 1 N–H and O–H groups in total. The first-order chi connectivity index (χ1) is 12.3. The second-order valence-corrected chi connectivity index (χ2v) is 7.45. The summed E-state index contributed by atoms with van der Waals surface area (Å²) in [7, 11) is 0. The number of carboxylic acids is 1. The molecule has 1 aromatic carbocycles. The summed E-state index contributed by atoms with van der Waals surface area (Å²) in [6.45, 7) is 0.824. The van der Waals surface area contributed by atoms with Gasteiger partial charge in [0.15, 0.2) is 0 Å². The quantitative estimate of drug-likeness (QED) is 0.440. The van der Waals surface area contributed by atoms with Gasteiger partial charge in [-0.15, -0.1) is 0 Å². The Labute approximate surface area is 152 Å². The molecule has 3 heteroatoms. The molecule has 25 heavy (non-hydrogen) atoms. The highest BCUT2D eigenvalue weighted by Crippen LogP contribution is 2.38. The normalized spacial score (nSPS) is 19.8. The molecule has 0 amide bonds. The fourth-order valence-corrected chi connectivity index (χ4v) is 4.13. The zero-order valence-electron chi connectivity index (χ0n) is 15.5. The van der Waals surface area contributed by atoms with Crippen LogP contribution in [0.3, 0.4) is 0 Å². The van der Waals surface area contributed by atoms with Crippen molar-refractivity contribution in [1.82, 2.24) is 0 Å². The van der Waals surface area contributed by atoms with E-state index in [1.54, 1.807) is 0 Å². The van der Waals surface area contributed by atoms with Gasteiger partial charge in [-0.3, -0.25) is 4.79 Å². The number of para-hydroxylation sites is 1. The minimum absolute atomic E-state index is 0.330. The Hall–Kier alpha value is -1.51. The van der Waals surface area contributed by atoms with E-state index in [0.717, 1.165) is 43.5 Å². The number of carboxylic acid groups (broad SMARTS) is 1. The number of unbranched alkanes of at least 4 members (excludes halogenated alkanes) is 4. The number of rotatable bonds is 13. The molecule has 1 aliphatic rings.